The zero-order valence-electron chi connectivity index (χ0n) is 13.8. The van der Waals surface area contributed by atoms with Gasteiger partial charge in [0.2, 0.25) is 0 Å². The number of hydrogen-bond donors (Lipinski definition) is 0. The molecule has 0 saturated carbocycles. The molecule has 0 radical (unpaired) electrons. The predicted molar refractivity (Wildman–Crippen MR) is 88.8 cm³/mol. The maximum absolute atomic E-state index is 11.3. The molecule has 0 aromatic heterocycles. The molecule has 0 heterocycles. The van der Waals surface area contributed by atoms with Gasteiger partial charge in [-0.05, 0) is 36.1 Å². The maximum atomic E-state index is 11.3. The normalized spacial score (nSPS) is 10.4. The molecule has 0 unspecified atom stereocenters. The standard InChI is InChI=1S/C19H22O4/c1-14-17(11-12-21-3)9-10-18(23-15(2)20)19(14)22-13-16-7-5-4-6-8-16/h4-10H,11-13H2,1-3H3. The predicted octanol–water partition coefficient (Wildman–Crippen LogP) is 3.69. The van der Waals surface area contributed by atoms with E-state index >= 15 is 0 Å². The van der Waals surface area contributed by atoms with E-state index in [-0.39, 0.29) is 5.97 Å². The zero-order chi connectivity index (χ0) is 16.7. The quantitative estimate of drug-likeness (QED) is 0.577. The van der Waals surface area contributed by atoms with Gasteiger partial charge in [-0.3, -0.25) is 4.79 Å². The monoisotopic (exact) mass is 314 g/mol. The fraction of sp³-hybridized carbons (Fsp3) is 0.316. The highest BCUT2D eigenvalue weighted by Crippen LogP contribution is 2.34. The number of carbonyl (C=O) groups is 1. The van der Waals surface area contributed by atoms with Crippen LogP contribution in [0.1, 0.15) is 23.6 Å². The maximum Gasteiger partial charge on any atom is 0.308 e. The van der Waals surface area contributed by atoms with Crippen molar-refractivity contribution < 1.29 is 19.0 Å². The first kappa shape index (κ1) is 17.0. The van der Waals surface area contributed by atoms with Crippen LogP contribution >= 0.6 is 0 Å². The Morgan fingerprint density at radius 1 is 1.09 bits per heavy atom. The number of benzene rings is 2. The SMILES string of the molecule is COCCc1ccc(OC(C)=O)c(OCc2ccccc2)c1C. The molecule has 2 rings (SSSR count). The topological polar surface area (TPSA) is 44.8 Å². The fourth-order valence-corrected chi connectivity index (χ4v) is 2.33. The lowest BCUT2D eigenvalue weighted by molar-refractivity contribution is -0.132. The number of hydrogen-bond acceptors (Lipinski definition) is 4. The number of carbonyl (C=O) groups excluding carboxylic acids is 1. The van der Waals surface area contributed by atoms with E-state index in [1.165, 1.54) is 6.92 Å². The average molecular weight is 314 g/mol. The van der Waals surface area contributed by atoms with Gasteiger partial charge in [0.05, 0.1) is 6.61 Å². The number of methoxy groups -OCH3 is 1. The molecule has 0 aliphatic carbocycles. The van der Waals surface area contributed by atoms with Crippen molar-refractivity contribution in [2.75, 3.05) is 13.7 Å². The van der Waals surface area contributed by atoms with Gasteiger partial charge in [-0.15, -0.1) is 0 Å². The van der Waals surface area contributed by atoms with Crippen LogP contribution in [0, 0.1) is 6.92 Å². The summed E-state index contributed by atoms with van der Waals surface area (Å²) in [6, 6.07) is 13.6. The minimum atomic E-state index is -0.362. The summed E-state index contributed by atoms with van der Waals surface area (Å²) in [6.07, 6.45) is 0.782. The van der Waals surface area contributed by atoms with Crippen LogP contribution in [0.2, 0.25) is 0 Å². The molecule has 0 atom stereocenters. The van der Waals surface area contributed by atoms with Crippen LogP contribution in [-0.4, -0.2) is 19.7 Å². The van der Waals surface area contributed by atoms with Gasteiger partial charge in [0.1, 0.15) is 6.61 Å². The van der Waals surface area contributed by atoms with Crippen LogP contribution in [0.25, 0.3) is 0 Å². The molecule has 2 aromatic rings. The van der Waals surface area contributed by atoms with E-state index in [1.54, 1.807) is 13.2 Å². The van der Waals surface area contributed by atoms with Crippen molar-refractivity contribution in [1.29, 1.82) is 0 Å². The Balaban J connectivity index is 2.25. The van der Waals surface area contributed by atoms with E-state index in [0.717, 1.165) is 23.1 Å². The molecular weight excluding hydrogens is 292 g/mol. The molecule has 0 fully saturated rings. The smallest absolute Gasteiger partial charge is 0.308 e. The van der Waals surface area contributed by atoms with E-state index in [4.69, 9.17) is 14.2 Å². The molecule has 0 aliphatic heterocycles. The lowest BCUT2D eigenvalue weighted by Crippen LogP contribution is -2.07. The van der Waals surface area contributed by atoms with Gasteiger partial charge in [0.25, 0.3) is 0 Å². The summed E-state index contributed by atoms with van der Waals surface area (Å²) >= 11 is 0. The van der Waals surface area contributed by atoms with E-state index in [9.17, 15) is 4.79 Å². The van der Waals surface area contributed by atoms with Crippen molar-refractivity contribution in [2.45, 2.75) is 26.9 Å². The summed E-state index contributed by atoms with van der Waals surface area (Å²) in [6.45, 7) is 4.41. The third-order valence-corrected chi connectivity index (χ3v) is 3.54. The first-order chi connectivity index (χ1) is 11.1. The summed E-state index contributed by atoms with van der Waals surface area (Å²) in [5.74, 6) is 0.698. The van der Waals surface area contributed by atoms with Crippen LogP contribution in [0.15, 0.2) is 42.5 Å². The molecule has 0 bridgehead atoms. The molecule has 2 aromatic carbocycles. The third-order valence-electron chi connectivity index (χ3n) is 3.54. The second-order valence-electron chi connectivity index (χ2n) is 5.29. The van der Waals surface area contributed by atoms with Crippen LogP contribution in [-0.2, 0) is 22.6 Å². The highest BCUT2D eigenvalue weighted by molar-refractivity contribution is 5.71. The molecule has 0 spiro atoms. The van der Waals surface area contributed by atoms with Crippen LogP contribution in [0.3, 0.4) is 0 Å². The van der Waals surface area contributed by atoms with Gasteiger partial charge < -0.3 is 14.2 Å². The molecule has 0 N–H and O–H groups in total. The Hall–Kier alpha value is -2.33. The Morgan fingerprint density at radius 2 is 1.83 bits per heavy atom. The van der Waals surface area contributed by atoms with Crippen LogP contribution < -0.4 is 9.47 Å². The molecule has 0 saturated heterocycles. The summed E-state index contributed by atoms with van der Waals surface area (Å²) in [7, 11) is 1.68. The van der Waals surface area contributed by atoms with Crippen molar-refractivity contribution in [2.24, 2.45) is 0 Å². The van der Waals surface area contributed by atoms with Crippen molar-refractivity contribution >= 4 is 5.97 Å². The van der Waals surface area contributed by atoms with Gasteiger partial charge >= 0.3 is 5.97 Å². The lowest BCUT2D eigenvalue weighted by atomic mass is 10.0. The van der Waals surface area contributed by atoms with Crippen LogP contribution in [0.5, 0.6) is 11.5 Å². The Kier molecular flexibility index (Phi) is 6.18. The Labute approximate surface area is 137 Å². The van der Waals surface area contributed by atoms with E-state index in [0.29, 0.717) is 24.7 Å². The summed E-state index contributed by atoms with van der Waals surface area (Å²) in [4.78, 5) is 11.3. The van der Waals surface area contributed by atoms with Crippen molar-refractivity contribution in [3.05, 3.63) is 59.2 Å². The van der Waals surface area contributed by atoms with Crippen molar-refractivity contribution in [3.8, 4) is 11.5 Å². The van der Waals surface area contributed by atoms with E-state index < -0.39 is 0 Å². The molecular formula is C19H22O4. The highest BCUT2D eigenvalue weighted by Gasteiger charge is 2.14. The fourth-order valence-electron chi connectivity index (χ4n) is 2.33. The van der Waals surface area contributed by atoms with E-state index in [2.05, 4.69) is 0 Å². The number of ether oxygens (including phenoxy) is 3. The van der Waals surface area contributed by atoms with Gasteiger partial charge in [-0.1, -0.05) is 36.4 Å². The Bertz CT molecular complexity index is 650. The second-order valence-corrected chi connectivity index (χ2v) is 5.29. The summed E-state index contributed by atoms with van der Waals surface area (Å²) < 4.78 is 16.4. The van der Waals surface area contributed by atoms with Gasteiger partial charge in [-0.25, -0.2) is 0 Å². The molecule has 4 nitrogen and oxygen atoms in total. The van der Waals surface area contributed by atoms with Gasteiger partial charge in [0.15, 0.2) is 11.5 Å². The first-order valence-corrected chi connectivity index (χ1v) is 7.58. The molecule has 23 heavy (non-hydrogen) atoms. The molecule has 0 aliphatic rings. The molecule has 122 valence electrons. The minimum absolute atomic E-state index is 0.362. The number of esters is 1. The van der Waals surface area contributed by atoms with Crippen molar-refractivity contribution in [1.82, 2.24) is 0 Å². The first-order valence-electron chi connectivity index (χ1n) is 7.58. The van der Waals surface area contributed by atoms with Gasteiger partial charge in [0, 0.05) is 14.0 Å². The Morgan fingerprint density at radius 3 is 2.48 bits per heavy atom. The molecule has 4 heteroatoms. The molecule has 0 amide bonds. The highest BCUT2D eigenvalue weighted by atomic mass is 16.6. The lowest BCUT2D eigenvalue weighted by Gasteiger charge is -2.16. The average Bonchev–Trinajstić information content (AvgIpc) is 2.54. The van der Waals surface area contributed by atoms with Gasteiger partial charge in [-0.2, -0.15) is 0 Å². The largest absolute Gasteiger partial charge is 0.485 e. The van der Waals surface area contributed by atoms with Crippen LogP contribution in [0.4, 0.5) is 0 Å². The summed E-state index contributed by atoms with van der Waals surface area (Å²) in [5.41, 5.74) is 3.14. The summed E-state index contributed by atoms with van der Waals surface area (Å²) in [5, 5.41) is 0. The zero-order valence-corrected chi connectivity index (χ0v) is 13.8. The van der Waals surface area contributed by atoms with E-state index in [1.807, 2.05) is 43.3 Å². The van der Waals surface area contributed by atoms with Crippen molar-refractivity contribution in [3.63, 3.8) is 0 Å². The second kappa shape index (κ2) is 8.34. The number of rotatable bonds is 7. The minimum Gasteiger partial charge on any atom is -0.485 e. The third kappa shape index (κ3) is 4.83.